The Morgan fingerprint density at radius 2 is 1.70 bits per heavy atom. The third-order valence-electron chi connectivity index (χ3n) is 3.52. The molecule has 0 N–H and O–H groups in total. The molecular weight excluding hydrogens is 353 g/mol. The topological polar surface area (TPSA) is 37.4 Å². The fourth-order valence-electron chi connectivity index (χ4n) is 2.38. The van der Waals surface area contributed by atoms with Crippen LogP contribution in [0.25, 0.3) is 0 Å². The molecule has 1 heterocycles. The highest BCUT2D eigenvalue weighted by atomic mass is 35.5. The minimum absolute atomic E-state index is 0.0203. The van der Waals surface area contributed by atoms with E-state index >= 15 is 0 Å². The number of hydrogen-bond donors (Lipinski definition) is 0. The minimum Gasteiger partial charge on any atom is -0.276 e. The van der Waals surface area contributed by atoms with E-state index in [1.165, 1.54) is 16.7 Å². The lowest BCUT2D eigenvalue weighted by molar-refractivity contribution is -0.139. The van der Waals surface area contributed by atoms with Crippen LogP contribution in [0.3, 0.4) is 0 Å². The molecule has 1 fully saturated rings. The summed E-state index contributed by atoms with van der Waals surface area (Å²) in [5.41, 5.74) is 0.895. The zero-order valence-electron chi connectivity index (χ0n) is 12.0. The van der Waals surface area contributed by atoms with E-state index in [9.17, 15) is 9.59 Å². The number of carbonyl (C=O) groups is 2. The molecule has 2 amide bonds. The van der Waals surface area contributed by atoms with Gasteiger partial charge in [-0.05, 0) is 29.8 Å². The third kappa shape index (κ3) is 3.55. The number of nitrogens with zero attached hydrogens (tertiary/aromatic N) is 1. The first kappa shape index (κ1) is 16.4. The van der Waals surface area contributed by atoms with Gasteiger partial charge in [0.1, 0.15) is 0 Å². The van der Waals surface area contributed by atoms with Crippen LogP contribution in [-0.4, -0.2) is 20.9 Å². The number of amides is 2. The van der Waals surface area contributed by atoms with Gasteiger partial charge in [-0.2, -0.15) is 0 Å². The molecule has 0 saturated carbocycles. The van der Waals surface area contributed by atoms with Gasteiger partial charge in [-0.1, -0.05) is 65.3 Å². The maximum Gasteiger partial charge on any atom is 0.261 e. The Balaban J connectivity index is 1.78. The van der Waals surface area contributed by atoms with Crippen LogP contribution in [0.4, 0.5) is 0 Å². The number of hydrogen-bond acceptors (Lipinski definition) is 3. The first-order valence-electron chi connectivity index (χ1n) is 7.00. The molecule has 3 rings (SSSR count). The lowest BCUT2D eigenvalue weighted by atomic mass is 10.2. The van der Waals surface area contributed by atoms with Crippen molar-refractivity contribution in [1.82, 2.24) is 4.90 Å². The summed E-state index contributed by atoms with van der Waals surface area (Å²) in [6.07, 6.45) is -0.0203. The number of likely N-dealkylation sites (tertiary alicyclic amines) is 1. The molecule has 6 heteroatoms. The molecule has 1 atom stereocenters. The smallest absolute Gasteiger partial charge is 0.261 e. The van der Waals surface area contributed by atoms with Crippen molar-refractivity contribution in [3.05, 3.63) is 65.2 Å². The Hall–Kier alpha value is -1.49. The van der Waals surface area contributed by atoms with Gasteiger partial charge < -0.3 is 0 Å². The highest BCUT2D eigenvalue weighted by Gasteiger charge is 2.51. The third-order valence-corrected chi connectivity index (χ3v) is 5.45. The van der Waals surface area contributed by atoms with Crippen LogP contribution in [0.5, 0.6) is 0 Å². The average molecular weight is 366 g/mol. The average Bonchev–Trinajstić information content (AvgIpc) is 2.74. The molecule has 118 valence electrons. The summed E-state index contributed by atoms with van der Waals surface area (Å²) in [6.45, 7) is 0.244. The summed E-state index contributed by atoms with van der Waals surface area (Å²) in [6, 6.07) is 16.4. The van der Waals surface area contributed by atoms with Crippen molar-refractivity contribution in [2.75, 3.05) is 0 Å². The first-order valence-corrected chi connectivity index (χ1v) is 8.57. The van der Waals surface area contributed by atoms with Gasteiger partial charge in [-0.3, -0.25) is 14.5 Å². The molecule has 1 saturated heterocycles. The number of rotatable bonds is 4. The second-order valence-corrected chi connectivity index (χ2v) is 7.91. The zero-order chi connectivity index (χ0) is 16.4. The fraction of sp³-hybridized carbons (Fsp3) is 0.176. The summed E-state index contributed by atoms with van der Waals surface area (Å²) in [7, 11) is 0. The molecule has 0 aliphatic carbocycles. The molecule has 0 aromatic heterocycles. The summed E-state index contributed by atoms with van der Waals surface area (Å²) in [5.74, 6) is -0.622. The van der Waals surface area contributed by atoms with Crippen LogP contribution in [0.2, 0.25) is 5.02 Å². The normalized spacial score (nSPS) is 21.0. The van der Waals surface area contributed by atoms with Gasteiger partial charge in [0, 0.05) is 9.92 Å². The summed E-state index contributed by atoms with van der Waals surface area (Å²) in [5, 5.41) is 0.609. The predicted molar refractivity (Wildman–Crippen MR) is 92.5 cm³/mol. The van der Waals surface area contributed by atoms with E-state index in [1.54, 1.807) is 24.3 Å². The van der Waals surface area contributed by atoms with Gasteiger partial charge in [0.2, 0.25) is 5.91 Å². The van der Waals surface area contributed by atoms with Gasteiger partial charge in [0.25, 0.3) is 5.91 Å². The van der Waals surface area contributed by atoms with Gasteiger partial charge in [0.05, 0.1) is 13.0 Å². The molecule has 23 heavy (non-hydrogen) atoms. The van der Waals surface area contributed by atoms with E-state index in [-0.39, 0.29) is 24.8 Å². The number of alkyl halides is 1. The molecule has 0 spiro atoms. The van der Waals surface area contributed by atoms with Crippen molar-refractivity contribution in [2.24, 2.45) is 0 Å². The maximum atomic E-state index is 12.6. The molecule has 3 nitrogen and oxygen atoms in total. The lowest BCUT2D eigenvalue weighted by Crippen LogP contribution is -2.34. The number of halogens is 2. The first-order chi connectivity index (χ1) is 11.0. The van der Waals surface area contributed by atoms with Crippen LogP contribution >= 0.6 is 35.0 Å². The molecular formula is C17H13Cl2NO2S. The van der Waals surface area contributed by atoms with Gasteiger partial charge >= 0.3 is 0 Å². The van der Waals surface area contributed by atoms with Crippen LogP contribution in [0.15, 0.2) is 59.5 Å². The molecule has 1 aliphatic heterocycles. The summed E-state index contributed by atoms with van der Waals surface area (Å²) in [4.78, 5) is 26.9. The predicted octanol–water partition coefficient (Wildman–Crippen LogP) is 4.33. The van der Waals surface area contributed by atoms with Crippen molar-refractivity contribution in [3.63, 3.8) is 0 Å². The second-order valence-electron chi connectivity index (χ2n) is 5.23. The summed E-state index contributed by atoms with van der Waals surface area (Å²) >= 11 is 13.5. The second kappa shape index (κ2) is 6.56. The van der Waals surface area contributed by atoms with E-state index in [0.717, 1.165) is 10.5 Å². The van der Waals surface area contributed by atoms with Crippen LogP contribution < -0.4 is 0 Å². The van der Waals surface area contributed by atoms with Crippen LogP contribution in [0.1, 0.15) is 12.0 Å². The lowest BCUT2D eigenvalue weighted by Gasteiger charge is -2.19. The Kier molecular flexibility index (Phi) is 4.67. The summed E-state index contributed by atoms with van der Waals surface area (Å²) < 4.78 is -1.29. The number of benzene rings is 2. The van der Waals surface area contributed by atoms with E-state index in [1.807, 2.05) is 30.3 Å². The van der Waals surface area contributed by atoms with Crippen molar-refractivity contribution in [1.29, 1.82) is 0 Å². The Labute approximate surface area is 148 Å². The molecule has 2 aromatic rings. The van der Waals surface area contributed by atoms with Crippen molar-refractivity contribution >= 4 is 46.8 Å². The van der Waals surface area contributed by atoms with Crippen molar-refractivity contribution in [3.8, 4) is 0 Å². The van der Waals surface area contributed by atoms with Crippen molar-refractivity contribution in [2.45, 2.75) is 22.1 Å². The van der Waals surface area contributed by atoms with Crippen LogP contribution in [-0.2, 0) is 16.1 Å². The number of carbonyl (C=O) groups excluding carboxylic acids is 2. The Morgan fingerprint density at radius 3 is 2.35 bits per heavy atom. The fourth-order valence-corrected chi connectivity index (χ4v) is 4.02. The SMILES string of the molecule is O=C1C[C@@](Cl)(Sc2ccc(Cl)cc2)C(=O)N1Cc1ccccc1. The molecule has 0 radical (unpaired) electrons. The van der Waals surface area contributed by atoms with Crippen molar-refractivity contribution < 1.29 is 9.59 Å². The van der Waals surface area contributed by atoms with E-state index in [0.29, 0.717) is 5.02 Å². The highest BCUT2D eigenvalue weighted by molar-refractivity contribution is 8.02. The van der Waals surface area contributed by atoms with Gasteiger partial charge in [-0.25, -0.2) is 0 Å². The quantitative estimate of drug-likeness (QED) is 0.597. The van der Waals surface area contributed by atoms with Gasteiger partial charge in [-0.15, -0.1) is 0 Å². The molecule has 0 bridgehead atoms. The standard InChI is InChI=1S/C17H13Cl2NO2S/c18-13-6-8-14(9-7-13)23-17(19)10-15(21)20(16(17)22)11-12-4-2-1-3-5-12/h1-9H,10-11H2/t17-/m1/s1. The monoisotopic (exact) mass is 365 g/mol. The van der Waals surface area contributed by atoms with E-state index in [4.69, 9.17) is 23.2 Å². The zero-order valence-corrected chi connectivity index (χ0v) is 14.4. The highest BCUT2D eigenvalue weighted by Crippen LogP contribution is 2.45. The largest absolute Gasteiger partial charge is 0.276 e. The Morgan fingerprint density at radius 1 is 1.04 bits per heavy atom. The van der Waals surface area contributed by atoms with Crippen LogP contribution in [0, 0.1) is 0 Å². The number of imide groups is 1. The maximum absolute atomic E-state index is 12.6. The van der Waals surface area contributed by atoms with Gasteiger partial charge in [0.15, 0.2) is 4.21 Å². The molecule has 2 aromatic carbocycles. The minimum atomic E-state index is -1.29. The molecule has 0 unspecified atom stereocenters. The van der Waals surface area contributed by atoms with E-state index < -0.39 is 4.21 Å². The van der Waals surface area contributed by atoms with E-state index in [2.05, 4.69) is 0 Å². The number of thioether (sulfide) groups is 1. The Bertz CT molecular complexity index is 736. The molecule has 1 aliphatic rings.